The molecule has 2 aromatic rings. The zero-order chi connectivity index (χ0) is 14.5. The number of carboxylic acids is 1. The van der Waals surface area contributed by atoms with Gasteiger partial charge in [-0.1, -0.05) is 0 Å². The van der Waals surface area contributed by atoms with E-state index in [4.69, 9.17) is 5.11 Å². The number of aliphatic carboxylic acids is 1. The van der Waals surface area contributed by atoms with E-state index in [-0.39, 0.29) is 6.42 Å². The van der Waals surface area contributed by atoms with Crippen LogP contribution in [-0.2, 0) is 17.8 Å². The van der Waals surface area contributed by atoms with Gasteiger partial charge in [0.05, 0.1) is 6.42 Å². The number of rotatable bonds is 6. The molecule has 2 heterocycles. The van der Waals surface area contributed by atoms with Crippen molar-refractivity contribution in [2.75, 3.05) is 18.5 Å². The summed E-state index contributed by atoms with van der Waals surface area (Å²) in [6, 6.07) is 0. The van der Waals surface area contributed by atoms with E-state index in [1.54, 1.807) is 12.4 Å². The lowest BCUT2D eigenvalue weighted by Gasteiger charge is -2.20. The SMILES string of the molecule is Cc1nccn1CCN(C)c1ncncc1CC(=O)O. The van der Waals surface area contributed by atoms with Crippen LogP contribution in [0.5, 0.6) is 0 Å². The van der Waals surface area contributed by atoms with E-state index in [2.05, 4.69) is 15.0 Å². The first-order valence-corrected chi connectivity index (χ1v) is 6.27. The van der Waals surface area contributed by atoms with Crippen LogP contribution in [0, 0.1) is 6.92 Å². The molecule has 20 heavy (non-hydrogen) atoms. The summed E-state index contributed by atoms with van der Waals surface area (Å²) in [5.74, 6) is 0.715. The van der Waals surface area contributed by atoms with Crippen LogP contribution in [-0.4, -0.2) is 44.2 Å². The average molecular weight is 275 g/mol. The normalized spacial score (nSPS) is 10.5. The van der Waals surface area contributed by atoms with Gasteiger partial charge in [0.15, 0.2) is 0 Å². The summed E-state index contributed by atoms with van der Waals surface area (Å²) in [7, 11) is 1.89. The van der Waals surface area contributed by atoms with Gasteiger partial charge in [-0.15, -0.1) is 0 Å². The van der Waals surface area contributed by atoms with Gasteiger partial charge in [-0.2, -0.15) is 0 Å². The van der Waals surface area contributed by atoms with Gasteiger partial charge in [-0.25, -0.2) is 15.0 Å². The van der Waals surface area contributed by atoms with Crippen molar-refractivity contribution in [1.29, 1.82) is 0 Å². The van der Waals surface area contributed by atoms with E-state index in [0.717, 1.165) is 12.4 Å². The number of carboxylic acid groups (broad SMARTS) is 1. The highest BCUT2D eigenvalue weighted by Crippen LogP contribution is 2.15. The van der Waals surface area contributed by atoms with Crippen LogP contribution in [0.2, 0.25) is 0 Å². The summed E-state index contributed by atoms with van der Waals surface area (Å²) in [4.78, 5) is 25.0. The molecular weight excluding hydrogens is 258 g/mol. The molecule has 7 heteroatoms. The van der Waals surface area contributed by atoms with Crippen molar-refractivity contribution in [3.05, 3.63) is 36.3 Å². The highest BCUT2D eigenvalue weighted by Gasteiger charge is 2.12. The highest BCUT2D eigenvalue weighted by atomic mass is 16.4. The molecule has 2 rings (SSSR count). The average Bonchev–Trinajstić information content (AvgIpc) is 2.81. The molecule has 7 nitrogen and oxygen atoms in total. The number of nitrogens with zero attached hydrogens (tertiary/aromatic N) is 5. The van der Waals surface area contributed by atoms with Crippen LogP contribution in [0.1, 0.15) is 11.4 Å². The number of hydrogen-bond acceptors (Lipinski definition) is 5. The summed E-state index contributed by atoms with van der Waals surface area (Å²) in [6.45, 7) is 3.42. The molecule has 2 aromatic heterocycles. The Hall–Kier alpha value is -2.44. The first-order valence-electron chi connectivity index (χ1n) is 6.27. The standard InChI is InChI=1S/C13H17N5O2/c1-10-15-3-4-18(10)6-5-17(2)13-11(7-12(19)20)8-14-9-16-13/h3-4,8-9H,5-7H2,1-2H3,(H,19,20). The molecule has 0 unspecified atom stereocenters. The number of likely N-dealkylation sites (N-methyl/N-ethyl adjacent to an activating group) is 1. The second-order valence-electron chi connectivity index (χ2n) is 4.53. The number of imidazole rings is 1. The fourth-order valence-electron chi connectivity index (χ4n) is 1.99. The smallest absolute Gasteiger partial charge is 0.308 e. The summed E-state index contributed by atoms with van der Waals surface area (Å²) in [5.41, 5.74) is 0.616. The van der Waals surface area contributed by atoms with E-state index in [1.807, 2.05) is 29.6 Å². The maximum Gasteiger partial charge on any atom is 0.308 e. The zero-order valence-corrected chi connectivity index (χ0v) is 11.5. The van der Waals surface area contributed by atoms with E-state index < -0.39 is 5.97 Å². The first-order chi connectivity index (χ1) is 9.58. The molecule has 0 radical (unpaired) electrons. The maximum atomic E-state index is 10.8. The van der Waals surface area contributed by atoms with Crippen molar-refractivity contribution in [1.82, 2.24) is 19.5 Å². The van der Waals surface area contributed by atoms with Crippen molar-refractivity contribution < 1.29 is 9.90 Å². The van der Waals surface area contributed by atoms with Gasteiger partial charge in [-0.3, -0.25) is 4.79 Å². The lowest BCUT2D eigenvalue weighted by atomic mass is 10.2. The fourth-order valence-corrected chi connectivity index (χ4v) is 1.99. The third-order valence-electron chi connectivity index (χ3n) is 3.07. The maximum absolute atomic E-state index is 10.8. The van der Waals surface area contributed by atoms with E-state index >= 15 is 0 Å². The summed E-state index contributed by atoms with van der Waals surface area (Å²) < 4.78 is 2.04. The van der Waals surface area contributed by atoms with Crippen LogP contribution in [0.4, 0.5) is 5.82 Å². The van der Waals surface area contributed by atoms with Crippen LogP contribution in [0.3, 0.4) is 0 Å². The van der Waals surface area contributed by atoms with Crippen LogP contribution in [0.15, 0.2) is 24.9 Å². The molecule has 0 aliphatic rings. The molecule has 0 saturated heterocycles. The highest BCUT2D eigenvalue weighted by molar-refractivity contribution is 5.72. The second kappa shape index (κ2) is 6.14. The van der Waals surface area contributed by atoms with Gasteiger partial charge in [0.1, 0.15) is 18.0 Å². The Labute approximate surface area is 116 Å². The molecule has 1 N–H and O–H groups in total. The second-order valence-corrected chi connectivity index (χ2v) is 4.53. The number of aryl methyl sites for hydroxylation is 1. The van der Waals surface area contributed by atoms with Crippen molar-refractivity contribution in [2.24, 2.45) is 0 Å². The van der Waals surface area contributed by atoms with Crippen molar-refractivity contribution in [3.63, 3.8) is 0 Å². The van der Waals surface area contributed by atoms with Crippen molar-refractivity contribution in [2.45, 2.75) is 19.9 Å². The predicted octanol–water partition coefficient (Wildman–Crippen LogP) is 0.745. The Morgan fingerprint density at radius 1 is 1.45 bits per heavy atom. The minimum absolute atomic E-state index is 0.0788. The first kappa shape index (κ1) is 14.0. The molecule has 0 aromatic carbocycles. The molecule has 0 fully saturated rings. The third kappa shape index (κ3) is 3.31. The predicted molar refractivity (Wildman–Crippen MR) is 73.6 cm³/mol. The summed E-state index contributed by atoms with van der Waals surface area (Å²) in [6.07, 6.45) is 6.58. The minimum Gasteiger partial charge on any atom is -0.481 e. The number of anilines is 1. The van der Waals surface area contributed by atoms with Crippen molar-refractivity contribution >= 4 is 11.8 Å². The number of carbonyl (C=O) groups is 1. The molecule has 0 aliphatic carbocycles. The van der Waals surface area contributed by atoms with Gasteiger partial charge >= 0.3 is 5.97 Å². The Morgan fingerprint density at radius 2 is 2.25 bits per heavy atom. The Kier molecular flexibility index (Phi) is 4.29. The quantitative estimate of drug-likeness (QED) is 0.837. The Morgan fingerprint density at radius 3 is 2.90 bits per heavy atom. The monoisotopic (exact) mass is 275 g/mol. The minimum atomic E-state index is -0.889. The number of hydrogen-bond donors (Lipinski definition) is 1. The van der Waals surface area contributed by atoms with Crippen molar-refractivity contribution in [3.8, 4) is 0 Å². The van der Waals surface area contributed by atoms with E-state index in [1.165, 1.54) is 6.33 Å². The van der Waals surface area contributed by atoms with Gasteiger partial charge in [0.25, 0.3) is 0 Å². The van der Waals surface area contributed by atoms with E-state index in [0.29, 0.717) is 17.9 Å². The Balaban J connectivity index is 2.07. The molecule has 0 saturated carbocycles. The number of aromatic nitrogens is 4. The Bertz CT molecular complexity index is 596. The van der Waals surface area contributed by atoms with Crippen LogP contribution < -0.4 is 4.90 Å². The molecule has 0 spiro atoms. The van der Waals surface area contributed by atoms with E-state index in [9.17, 15) is 4.79 Å². The largest absolute Gasteiger partial charge is 0.481 e. The lowest BCUT2D eigenvalue weighted by Crippen LogP contribution is -2.25. The van der Waals surface area contributed by atoms with Gasteiger partial charge in [0.2, 0.25) is 0 Å². The van der Waals surface area contributed by atoms with Gasteiger partial charge in [-0.05, 0) is 6.92 Å². The lowest BCUT2D eigenvalue weighted by molar-refractivity contribution is -0.136. The zero-order valence-electron chi connectivity index (χ0n) is 11.5. The molecule has 0 atom stereocenters. The summed E-state index contributed by atoms with van der Waals surface area (Å²) in [5, 5.41) is 8.90. The third-order valence-corrected chi connectivity index (χ3v) is 3.07. The van der Waals surface area contributed by atoms with Gasteiger partial charge < -0.3 is 14.6 Å². The van der Waals surface area contributed by atoms with Crippen LogP contribution >= 0.6 is 0 Å². The topological polar surface area (TPSA) is 84.1 Å². The summed E-state index contributed by atoms with van der Waals surface area (Å²) >= 11 is 0. The fraction of sp³-hybridized carbons (Fsp3) is 0.385. The molecular formula is C13H17N5O2. The molecule has 0 aliphatic heterocycles. The van der Waals surface area contributed by atoms with Crippen LogP contribution in [0.25, 0.3) is 0 Å². The van der Waals surface area contributed by atoms with Gasteiger partial charge in [0, 0.05) is 44.3 Å². The molecule has 0 bridgehead atoms. The molecule has 0 amide bonds. The molecule has 106 valence electrons.